The minimum atomic E-state index is -0.972. The monoisotopic (exact) mass is 212 g/mol. The molecule has 14 heavy (non-hydrogen) atoms. The van der Waals surface area contributed by atoms with Crippen molar-refractivity contribution in [3.8, 4) is 0 Å². The second-order valence-electron chi connectivity index (χ2n) is 3.50. The zero-order chi connectivity index (χ0) is 10.6. The largest absolute Gasteiger partial charge is 0.393 e. The molecule has 0 radical (unpaired) electrons. The van der Waals surface area contributed by atoms with Gasteiger partial charge in [0.25, 0.3) is 0 Å². The van der Waals surface area contributed by atoms with Gasteiger partial charge in [0.1, 0.15) is 0 Å². The van der Waals surface area contributed by atoms with Gasteiger partial charge in [0.2, 0.25) is 0 Å². The van der Waals surface area contributed by atoms with Crippen molar-refractivity contribution in [1.29, 1.82) is 0 Å². The van der Waals surface area contributed by atoms with Gasteiger partial charge in [-0.2, -0.15) is 0 Å². The summed E-state index contributed by atoms with van der Waals surface area (Å²) in [6.07, 6.45) is 0.213. The van der Waals surface area contributed by atoms with Gasteiger partial charge in [-0.3, -0.25) is 4.21 Å². The molecule has 1 aromatic rings. The third kappa shape index (κ3) is 3.60. The fraction of sp³-hybridized carbons (Fsp3) is 0.455. The Kier molecular flexibility index (Phi) is 4.29. The molecule has 0 aliphatic heterocycles. The molecule has 0 bridgehead atoms. The molecule has 1 aromatic carbocycles. The first-order valence-corrected chi connectivity index (χ1v) is 6.04. The number of aryl methyl sites for hydroxylation is 1. The average molecular weight is 212 g/mol. The third-order valence-electron chi connectivity index (χ3n) is 2.00. The number of hydrogen-bond donors (Lipinski definition) is 1. The summed E-state index contributed by atoms with van der Waals surface area (Å²) in [7, 11) is -0.972. The van der Waals surface area contributed by atoms with E-state index < -0.39 is 10.8 Å². The van der Waals surface area contributed by atoms with Crippen LogP contribution in [0.2, 0.25) is 0 Å². The molecule has 0 saturated carbocycles. The maximum Gasteiger partial charge on any atom is 0.0530 e. The Balaban J connectivity index is 2.57. The second kappa shape index (κ2) is 5.27. The van der Waals surface area contributed by atoms with Gasteiger partial charge in [-0.25, -0.2) is 0 Å². The maximum absolute atomic E-state index is 11.7. The molecular weight excluding hydrogens is 196 g/mol. The number of hydrogen-bond acceptors (Lipinski definition) is 2. The summed E-state index contributed by atoms with van der Waals surface area (Å²) >= 11 is 0. The molecule has 3 heteroatoms. The zero-order valence-corrected chi connectivity index (χ0v) is 9.38. The summed E-state index contributed by atoms with van der Waals surface area (Å²) in [6, 6.07) is 7.67. The quantitative estimate of drug-likeness (QED) is 0.827. The van der Waals surface area contributed by atoms with E-state index in [1.165, 1.54) is 5.56 Å². The Labute approximate surface area is 87.4 Å². The third-order valence-corrected chi connectivity index (χ3v) is 3.41. The lowest BCUT2D eigenvalue weighted by molar-refractivity contribution is 0.192. The van der Waals surface area contributed by atoms with Crippen LogP contribution >= 0.6 is 0 Å². The van der Waals surface area contributed by atoms with Crippen molar-refractivity contribution in [2.24, 2.45) is 0 Å². The predicted molar refractivity (Wildman–Crippen MR) is 58.8 cm³/mol. The molecule has 0 fully saturated rings. The second-order valence-corrected chi connectivity index (χ2v) is 5.07. The molecule has 1 rings (SSSR count). The van der Waals surface area contributed by atoms with Gasteiger partial charge >= 0.3 is 0 Å². The van der Waals surface area contributed by atoms with Gasteiger partial charge in [-0.1, -0.05) is 17.7 Å². The summed E-state index contributed by atoms with van der Waals surface area (Å²) in [5, 5.41) is 9.06. The molecule has 0 saturated heterocycles. The van der Waals surface area contributed by atoms with Crippen LogP contribution in [-0.2, 0) is 10.8 Å². The first-order chi connectivity index (χ1) is 6.59. The van der Waals surface area contributed by atoms with E-state index in [1.54, 1.807) is 6.92 Å². The van der Waals surface area contributed by atoms with Gasteiger partial charge in [-0.05, 0) is 32.4 Å². The number of aliphatic hydroxyl groups is 1. The van der Waals surface area contributed by atoms with E-state index in [0.717, 1.165) is 4.90 Å². The van der Waals surface area contributed by atoms with Crippen molar-refractivity contribution >= 4 is 10.8 Å². The smallest absolute Gasteiger partial charge is 0.0530 e. The van der Waals surface area contributed by atoms with Crippen molar-refractivity contribution in [1.82, 2.24) is 0 Å². The van der Waals surface area contributed by atoms with Gasteiger partial charge in [0.05, 0.1) is 16.9 Å². The normalized spacial score (nSPS) is 15.1. The highest BCUT2D eigenvalue weighted by atomic mass is 32.2. The Morgan fingerprint density at radius 3 is 2.43 bits per heavy atom. The SMILES string of the molecule is Cc1ccc(S(=O)CCC(C)O)cc1. The lowest BCUT2D eigenvalue weighted by Gasteiger charge is -2.04. The van der Waals surface area contributed by atoms with Crippen LogP contribution < -0.4 is 0 Å². The highest BCUT2D eigenvalue weighted by molar-refractivity contribution is 7.85. The van der Waals surface area contributed by atoms with Crippen molar-refractivity contribution in [2.75, 3.05) is 5.75 Å². The van der Waals surface area contributed by atoms with Crippen LogP contribution in [0, 0.1) is 6.92 Å². The molecule has 78 valence electrons. The van der Waals surface area contributed by atoms with Crippen molar-refractivity contribution in [3.05, 3.63) is 29.8 Å². The number of benzene rings is 1. The van der Waals surface area contributed by atoms with Crippen LogP contribution in [0.4, 0.5) is 0 Å². The predicted octanol–water partition coefficient (Wildman–Crippen LogP) is 1.87. The molecule has 0 aliphatic rings. The topological polar surface area (TPSA) is 37.3 Å². The standard InChI is InChI=1S/C11H16O2S/c1-9-3-5-11(6-4-9)14(13)8-7-10(2)12/h3-6,10,12H,7-8H2,1-2H3. The minimum absolute atomic E-state index is 0.371. The Bertz CT molecular complexity index is 304. The zero-order valence-electron chi connectivity index (χ0n) is 8.56. The minimum Gasteiger partial charge on any atom is -0.393 e. The number of aliphatic hydroxyl groups excluding tert-OH is 1. The van der Waals surface area contributed by atoms with E-state index in [1.807, 2.05) is 31.2 Å². The van der Waals surface area contributed by atoms with Gasteiger partial charge in [0, 0.05) is 10.6 Å². The van der Waals surface area contributed by atoms with E-state index >= 15 is 0 Å². The van der Waals surface area contributed by atoms with Crippen molar-refractivity contribution in [3.63, 3.8) is 0 Å². The Morgan fingerprint density at radius 1 is 1.36 bits per heavy atom. The van der Waals surface area contributed by atoms with Crippen molar-refractivity contribution < 1.29 is 9.32 Å². The van der Waals surface area contributed by atoms with Crippen LogP contribution in [0.5, 0.6) is 0 Å². The van der Waals surface area contributed by atoms with Crippen LogP contribution in [0.15, 0.2) is 29.2 Å². The van der Waals surface area contributed by atoms with E-state index in [9.17, 15) is 4.21 Å². The molecule has 1 N–H and O–H groups in total. The first kappa shape index (κ1) is 11.4. The summed E-state index contributed by atoms with van der Waals surface area (Å²) in [6.45, 7) is 3.72. The van der Waals surface area contributed by atoms with Gasteiger partial charge in [0.15, 0.2) is 0 Å². The summed E-state index contributed by atoms with van der Waals surface area (Å²) in [4.78, 5) is 0.844. The Hall–Kier alpha value is -0.670. The lowest BCUT2D eigenvalue weighted by Crippen LogP contribution is -2.07. The maximum atomic E-state index is 11.7. The van der Waals surface area contributed by atoms with Gasteiger partial charge in [-0.15, -0.1) is 0 Å². The van der Waals surface area contributed by atoms with Crippen LogP contribution in [0.3, 0.4) is 0 Å². The van der Waals surface area contributed by atoms with Gasteiger partial charge < -0.3 is 5.11 Å². The fourth-order valence-corrected chi connectivity index (χ4v) is 2.32. The molecule has 0 amide bonds. The number of rotatable bonds is 4. The van der Waals surface area contributed by atoms with E-state index in [2.05, 4.69) is 0 Å². The fourth-order valence-electron chi connectivity index (χ4n) is 1.09. The molecule has 0 aliphatic carbocycles. The summed E-state index contributed by atoms with van der Waals surface area (Å²) in [5.74, 6) is 0.528. The summed E-state index contributed by atoms with van der Waals surface area (Å²) < 4.78 is 11.7. The highest BCUT2D eigenvalue weighted by Gasteiger charge is 2.04. The molecular formula is C11H16O2S. The van der Waals surface area contributed by atoms with Crippen LogP contribution in [0.25, 0.3) is 0 Å². The molecule has 0 spiro atoms. The molecule has 0 aromatic heterocycles. The molecule has 0 heterocycles. The van der Waals surface area contributed by atoms with E-state index in [-0.39, 0.29) is 6.10 Å². The molecule has 2 unspecified atom stereocenters. The Morgan fingerprint density at radius 2 is 1.93 bits per heavy atom. The molecule has 2 nitrogen and oxygen atoms in total. The highest BCUT2D eigenvalue weighted by Crippen LogP contribution is 2.09. The first-order valence-electron chi connectivity index (χ1n) is 4.72. The summed E-state index contributed by atoms with van der Waals surface area (Å²) in [5.41, 5.74) is 1.17. The lowest BCUT2D eigenvalue weighted by atomic mass is 10.2. The van der Waals surface area contributed by atoms with E-state index in [0.29, 0.717) is 12.2 Å². The van der Waals surface area contributed by atoms with Crippen LogP contribution in [-0.4, -0.2) is 21.2 Å². The van der Waals surface area contributed by atoms with Crippen LogP contribution in [0.1, 0.15) is 18.9 Å². The average Bonchev–Trinajstić information content (AvgIpc) is 2.15. The van der Waals surface area contributed by atoms with E-state index in [4.69, 9.17) is 5.11 Å². The van der Waals surface area contributed by atoms with Crippen molar-refractivity contribution in [2.45, 2.75) is 31.3 Å². The molecule has 2 atom stereocenters.